The minimum atomic E-state index is -0.266. The minimum absolute atomic E-state index is 0.144. The molecule has 0 heterocycles. The quantitative estimate of drug-likeness (QED) is 0.502. The Balaban J connectivity index is 2.41. The minimum Gasteiger partial charge on any atom is -0.456 e. The van der Waals surface area contributed by atoms with E-state index in [0.717, 1.165) is 12.8 Å². The van der Waals surface area contributed by atoms with Crippen molar-refractivity contribution in [1.29, 1.82) is 0 Å². The van der Waals surface area contributed by atoms with Crippen LogP contribution in [-0.2, 0) is 9.47 Å². The molecule has 0 spiro atoms. The van der Waals surface area contributed by atoms with Gasteiger partial charge in [0.15, 0.2) is 0 Å². The molecule has 0 aliphatic heterocycles. The third kappa shape index (κ3) is 6.39. The van der Waals surface area contributed by atoms with Gasteiger partial charge in [-0.2, -0.15) is 0 Å². The molecule has 1 rings (SSSR count). The van der Waals surface area contributed by atoms with Crippen LogP contribution < -0.4 is 0 Å². The van der Waals surface area contributed by atoms with E-state index in [1.54, 1.807) is 19.2 Å². The van der Waals surface area contributed by atoms with Crippen LogP contribution in [0.3, 0.4) is 0 Å². The number of hydrogen-bond donors (Lipinski definition) is 0. The van der Waals surface area contributed by atoms with Gasteiger partial charge in [0.1, 0.15) is 6.10 Å². The molecule has 1 aromatic rings. The number of methoxy groups -OCH3 is 1. The fourth-order valence-electron chi connectivity index (χ4n) is 1.95. The maximum atomic E-state index is 11.9. The molecule has 1 aromatic carbocycles. The topological polar surface area (TPSA) is 35.5 Å². The zero-order valence-electron chi connectivity index (χ0n) is 11.9. The molecule has 3 nitrogen and oxygen atoms in total. The smallest absolute Gasteiger partial charge is 0.338 e. The van der Waals surface area contributed by atoms with Crippen LogP contribution in [0, 0.1) is 0 Å². The van der Waals surface area contributed by atoms with Gasteiger partial charge < -0.3 is 9.47 Å². The Bertz CT molecular complexity index is 348. The van der Waals surface area contributed by atoms with Crippen molar-refractivity contribution in [3.8, 4) is 0 Å². The fourth-order valence-corrected chi connectivity index (χ4v) is 1.95. The van der Waals surface area contributed by atoms with Gasteiger partial charge in [0.05, 0.1) is 12.2 Å². The Kier molecular flexibility index (Phi) is 7.91. The second-order valence-corrected chi connectivity index (χ2v) is 4.70. The van der Waals surface area contributed by atoms with E-state index in [1.807, 2.05) is 18.2 Å². The molecule has 0 bridgehead atoms. The van der Waals surface area contributed by atoms with Gasteiger partial charge in [0.25, 0.3) is 0 Å². The van der Waals surface area contributed by atoms with Crippen LogP contribution in [0.5, 0.6) is 0 Å². The van der Waals surface area contributed by atoms with E-state index in [4.69, 9.17) is 9.47 Å². The molecule has 19 heavy (non-hydrogen) atoms. The summed E-state index contributed by atoms with van der Waals surface area (Å²) < 4.78 is 10.6. The highest BCUT2D eigenvalue weighted by molar-refractivity contribution is 5.89. The SMILES string of the molecule is CCCCCCC(COC)OC(=O)c1ccccc1. The van der Waals surface area contributed by atoms with Crippen LogP contribution in [0.15, 0.2) is 30.3 Å². The van der Waals surface area contributed by atoms with E-state index in [0.29, 0.717) is 12.2 Å². The predicted molar refractivity (Wildman–Crippen MR) is 76.3 cm³/mol. The molecule has 0 aromatic heterocycles. The van der Waals surface area contributed by atoms with Crippen LogP contribution in [0.2, 0.25) is 0 Å². The van der Waals surface area contributed by atoms with Crippen molar-refractivity contribution in [3.05, 3.63) is 35.9 Å². The first-order chi connectivity index (χ1) is 9.27. The summed E-state index contributed by atoms with van der Waals surface area (Å²) in [6, 6.07) is 9.09. The van der Waals surface area contributed by atoms with Gasteiger partial charge in [0, 0.05) is 7.11 Å². The van der Waals surface area contributed by atoms with Gasteiger partial charge in [-0.3, -0.25) is 0 Å². The van der Waals surface area contributed by atoms with Gasteiger partial charge in [-0.1, -0.05) is 44.4 Å². The molecule has 0 saturated heterocycles. The highest BCUT2D eigenvalue weighted by atomic mass is 16.6. The lowest BCUT2D eigenvalue weighted by Gasteiger charge is -2.17. The average molecular weight is 264 g/mol. The van der Waals surface area contributed by atoms with E-state index in [1.165, 1.54) is 19.3 Å². The molecule has 0 aliphatic rings. The summed E-state index contributed by atoms with van der Waals surface area (Å²) in [6.07, 6.45) is 5.41. The first kappa shape index (κ1) is 15.7. The van der Waals surface area contributed by atoms with Crippen molar-refractivity contribution in [2.45, 2.75) is 45.1 Å². The van der Waals surface area contributed by atoms with Crippen molar-refractivity contribution in [2.75, 3.05) is 13.7 Å². The Hall–Kier alpha value is -1.35. The zero-order chi connectivity index (χ0) is 13.9. The molecule has 0 radical (unpaired) electrons. The van der Waals surface area contributed by atoms with Crippen molar-refractivity contribution >= 4 is 5.97 Å². The lowest BCUT2D eigenvalue weighted by atomic mass is 10.1. The van der Waals surface area contributed by atoms with E-state index in [2.05, 4.69) is 6.92 Å². The van der Waals surface area contributed by atoms with Crippen LogP contribution >= 0.6 is 0 Å². The van der Waals surface area contributed by atoms with Crippen molar-refractivity contribution < 1.29 is 14.3 Å². The number of carbonyl (C=O) groups is 1. The largest absolute Gasteiger partial charge is 0.456 e. The highest BCUT2D eigenvalue weighted by Crippen LogP contribution is 2.11. The maximum absolute atomic E-state index is 11.9. The molecule has 3 heteroatoms. The molecular weight excluding hydrogens is 240 g/mol. The monoisotopic (exact) mass is 264 g/mol. The number of ether oxygens (including phenoxy) is 2. The lowest BCUT2D eigenvalue weighted by molar-refractivity contribution is 0.00238. The van der Waals surface area contributed by atoms with Crippen LogP contribution in [0.1, 0.15) is 49.4 Å². The predicted octanol–water partition coefficient (Wildman–Crippen LogP) is 3.83. The third-order valence-corrected chi connectivity index (χ3v) is 3.02. The Morgan fingerprint density at radius 1 is 1.16 bits per heavy atom. The highest BCUT2D eigenvalue weighted by Gasteiger charge is 2.15. The molecule has 0 amide bonds. The van der Waals surface area contributed by atoms with E-state index < -0.39 is 0 Å². The standard InChI is InChI=1S/C16H24O3/c1-3-4-5-9-12-15(13-18-2)19-16(17)14-10-7-6-8-11-14/h6-8,10-11,15H,3-5,9,12-13H2,1-2H3. The van der Waals surface area contributed by atoms with Crippen molar-refractivity contribution in [3.63, 3.8) is 0 Å². The zero-order valence-corrected chi connectivity index (χ0v) is 11.9. The molecule has 106 valence electrons. The molecular formula is C16H24O3. The fraction of sp³-hybridized carbons (Fsp3) is 0.562. The molecule has 0 saturated carbocycles. The van der Waals surface area contributed by atoms with Gasteiger partial charge in [-0.25, -0.2) is 4.79 Å². The number of rotatable bonds is 9. The lowest BCUT2D eigenvalue weighted by Crippen LogP contribution is -2.23. The Morgan fingerprint density at radius 3 is 2.53 bits per heavy atom. The van der Waals surface area contributed by atoms with Gasteiger partial charge in [0.2, 0.25) is 0 Å². The van der Waals surface area contributed by atoms with E-state index in [9.17, 15) is 4.79 Å². The summed E-state index contributed by atoms with van der Waals surface area (Å²) >= 11 is 0. The average Bonchev–Trinajstić information content (AvgIpc) is 2.44. The van der Waals surface area contributed by atoms with Crippen molar-refractivity contribution in [1.82, 2.24) is 0 Å². The summed E-state index contributed by atoms with van der Waals surface area (Å²) in [4.78, 5) is 11.9. The number of unbranched alkanes of at least 4 members (excludes halogenated alkanes) is 3. The number of hydrogen-bond acceptors (Lipinski definition) is 3. The summed E-state index contributed by atoms with van der Waals surface area (Å²) in [6.45, 7) is 2.65. The van der Waals surface area contributed by atoms with Gasteiger partial charge in [-0.05, 0) is 25.0 Å². The van der Waals surface area contributed by atoms with Gasteiger partial charge in [-0.15, -0.1) is 0 Å². The number of benzene rings is 1. The normalized spacial score (nSPS) is 12.1. The maximum Gasteiger partial charge on any atom is 0.338 e. The number of carbonyl (C=O) groups excluding carboxylic acids is 1. The third-order valence-electron chi connectivity index (χ3n) is 3.02. The summed E-state index contributed by atoms with van der Waals surface area (Å²) in [5.74, 6) is -0.266. The summed E-state index contributed by atoms with van der Waals surface area (Å²) in [5.41, 5.74) is 0.595. The number of esters is 1. The van der Waals surface area contributed by atoms with E-state index in [-0.39, 0.29) is 12.1 Å². The summed E-state index contributed by atoms with van der Waals surface area (Å²) in [5, 5.41) is 0. The Morgan fingerprint density at radius 2 is 1.89 bits per heavy atom. The van der Waals surface area contributed by atoms with E-state index >= 15 is 0 Å². The molecule has 1 unspecified atom stereocenters. The van der Waals surface area contributed by atoms with Gasteiger partial charge >= 0.3 is 5.97 Å². The van der Waals surface area contributed by atoms with Crippen LogP contribution in [0.25, 0.3) is 0 Å². The Labute approximate surface area is 115 Å². The molecule has 0 N–H and O–H groups in total. The first-order valence-electron chi connectivity index (χ1n) is 7.03. The second-order valence-electron chi connectivity index (χ2n) is 4.70. The molecule has 0 fully saturated rings. The first-order valence-corrected chi connectivity index (χ1v) is 7.03. The molecule has 1 atom stereocenters. The summed E-state index contributed by atoms with van der Waals surface area (Å²) in [7, 11) is 1.63. The van der Waals surface area contributed by atoms with Crippen molar-refractivity contribution in [2.24, 2.45) is 0 Å². The van der Waals surface area contributed by atoms with Crippen LogP contribution in [-0.4, -0.2) is 25.8 Å². The second kappa shape index (κ2) is 9.56. The molecule has 0 aliphatic carbocycles. The van der Waals surface area contributed by atoms with Crippen LogP contribution in [0.4, 0.5) is 0 Å².